The molecule has 5 heterocycles. The Morgan fingerprint density at radius 2 is 0.796 bits per heavy atom. The van der Waals surface area contributed by atoms with Gasteiger partial charge in [0.15, 0.2) is 0 Å². The molecular weight excluding hydrogens is 1210 g/mol. The molecule has 0 aliphatic rings. The predicted octanol–water partition coefficient (Wildman–Crippen LogP) is 25.7. The summed E-state index contributed by atoms with van der Waals surface area (Å²) in [5.41, 5.74) is 16.8. The number of hydrogen-bond donors (Lipinski definition) is 0. The van der Waals surface area contributed by atoms with E-state index in [0.717, 1.165) is 110 Å². The van der Waals surface area contributed by atoms with E-state index in [1.807, 2.05) is 17.4 Å². The number of rotatable bonds is 6. The summed E-state index contributed by atoms with van der Waals surface area (Å²) in [6, 6.07) is 116. The van der Waals surface area contributed by atoms with Gasteiger partial charge in [-0.15, -0.1) is 11.3 Å². The van der Waals surface area contributed by atoms with Crippen molar-refractivity contribution in [1.29, 1.82) is 0 Å². The molecule has 6 heteroatoms. The first kappa shape index (κ1) is 53.6. The van der Waals surface area contributed by atoms with Gasteiger partial charge in [-0.1, -0.05) is 243 Å². The molecule has 98 heavy (non-hydrogen) atoms. The standard InChI is InChI=1S/C92H52N4OS/c1-3-20-54(21-4-1)88-74-43-38-58(52-78(74)93-92(94-88)96-80-46-39-55(56-41-48-83-75(49-56)67-28-14-16-36-82(67)98-83)50-76(80)86-84-61-24-8-7-19-53(61)37-42-69(84)63-25-10-12-30-72(63)90(86)96)60-31-17-33-68-65(60)44-45-70-64-26-9-11-29-71(64)89-87(85(68)70)77-51-57(40-47-79(77)95(89)59-22-5-2-6-23-59)62-32-18-34-73-66-27-13-15-35-81(66)97-91(62)73/h1-52H. The first-order chi connectivity index (χ1) is 48.6. The second-order valence-electron chi connectivity index (χ2n) is 26.2. The van der Waals surface area contributed by atoms with Crippen molar-refractivity contribution in [2.24, 2.45) is 0 Å². The minimum Gasteiger partial charge on any atom is -0.455 e. The van der Waals surface area contributed by atoms with Crippen molar-refractivity contribution in [3.05, 3.63) is 315 Å². The molecule has 0 saturated heterocycles. The summed E-state index contributed by atoms with van der Waals surface area (Å²) in [5.74, 6) is 0.612. The van der Waals surface area contributed by atoms with E-state index in [-0.39, 0.29) is 0 Å². The average Bonchev–Trinajstić information content (AvgIpc) is 1.50. The lowest BCUT2D eigenvalue weighted by molar-refractivity contribution is 0.670. The number of benzene rings is 17. The van der Waals surface area contributed by atoms with Gasteiger partial charge in [0, 0.05) is 96.2 Å². The Hall–Kier alpha value is -12.7. The zero-order valence-corrected chi connectivity index (χ0v) is 53.4. The summed E-state index contributed by atoms with van der Waals surface area (Å²) >= 11 is 1.86. The summed E-state index contributed by atoms with van der Waals surface area (Å²) in [4.78, 5) is 11.6. The highest BCUT2D eigenvalue weighted by Crippen LogP contribution is 2.50. The van der Waals surface area contributed by atoms with Crippen molar-refractivity contribution >= 4 is 173 Å². The average molecular weight is 1260 g/mol. The highest BCUT2D eigenvalue weighted by molar-refractivity contribution is 7.25. The zero-order valence-electron chi connectivity index (χ0n) is 52.6. The smallest absolute Gasteiger partial charge is 0.235 e. The van der Waals surface area contributed by atoms with Crippen LogP contribution in [-0.4, -0.2) is 19.1 Å². The van der Waals surface area contributed by atoms with Crippen LogP contribution in [0.1, 0.15) is 0 Å². The highest BCUT2D eigenvalue weighted by atomic mass is 32.1. The van der Waals surface area contributed by atoms with Crippen LogP contribution >= 0.6 is 11.3 Å². The van der Waals surface area contributed by atoms with Crippen molar-refractivity contribution < 1.29 is 4.42 Å². The summed E-state index contributed by atoms with van der Waals surface area (Å²) in [6.07, 6.45) is 0. The van der Waals surface area contributed by atoms with Gasteiger partial charge >= 0.3 is 0 Å². The van der Waals surface area contributed by atoms with Gasteiger partial charge < -0.3 is 8.98 Å². The van der Waals surface area contributed by atoms with Crippen LogP contribution in [0.15, 0.2) is 320 Å². The van der Waals surface area contributed by atoms with Crippen LogP contribution in [0.3, 0.4) is 0 Å². The Bertz CT molecular complexity index is 7240. The molecule has 0 spiro atoms. The normalized spacial score (nSPS) is 12.3. The third-order valence-electron chi connectivity index (χ3n) is 21.1. The van der Waals surface area contributed by atoms with E-state index in [1.165, 1.54) is 101 Å². The molecule has 0 bridgehead atoms. The fourth-order valence-corrected chi connectivity index (χ4v) is 17.9. The summed E-state index contributed by atoms with van der Waals surface area (Å²) in [6.45, 7) is 0. The second-order valence-corrected chi connectivity index (χ2v) is 27.3. The minimum atomic E-state index is 0.612. The van der Waals surface area contributed by atoms with Crippen LogP contribution in [0.4, 0.5) is 0 Å². The van der Waals surface area contributed by atoms with E-state index in [0.29, 0.717) is 5.95 Å². The van der Waals surface area contributed by atoms with Gasteiger partial charge in [-0.3, -0.25) is 4.57 Å². The molecular formula is C92H52N4OS. The molecule has 0 N–H and O–H groups in total. The van der Waals surface area contributed by atoms with Crippen molar-refractivity contribution in [2.45, 2.75) is 0 Å². The van der Waals surface area contributed by atoms with Crippen LogP contribution < -0.4 is 0 Å². The van der Waals surface area contributed by atoms with Gasteiger partial charge in [0.1, 0.15) is 11.2 Å². The maximum atomic E-state index is 6.73. The van der Waals surface area contributed by atoms with Crippen molar-refractivity contribution in [3.63, 3.8) is 0 Å². The van der Waals surface area contributed by atoms with Gasteiger partial charge in [-0.25, -0.2) is 9.97 Å². The Morgan fingerprint density at radius 1 is 0.276 bits per heavy atom. The molecule has 5 aromatic heterocycles. The molecule has 17 aromatic carbocycles. The van der Waals surface area contributed by atoms with Crippen LogP contribution in [0.25, 0.3) is 218 Å². The quantitative estimate of drug-likeness (QED) is 0.156. The lowest BCUT2D eigenvalue weighted by Crippen LogP contribution is -2.04. The molecule has 452 valence electrons. The van der Waals surface area contributed by atoms with E-state index in [1.54, 1.807) is 0 Å². The van der Waals surface area contributed by atoms with E-state index in [4.69, 9.17) is 14.4 Å². The van der Waals surface area contributed by atoms with Crippen LogP contribution in [0.2, 0.25) is 0 Å². The first-order valence-electron chi connectivity index (χ1n) is 33.5. The molecule has 0 fully saturated rings. The summed E-state index contributed by atoms with van der Waals surface area (Å²) in [7, 11) is 0. The van der Waals surface area contributed by atoms with Gasteiger partial charge in [0.2, 0.25) is 5.95 Å². The number of nitrogens with zero attached hydrogens (tertiary/aromatic N) is 4. The van der Waals surface area contributed by atoms with Crippen LogP contribution in [0, 0.1) is 0 Å². The zero-order chi connectivity index (χ0) is 63.8. The Morgan fingerprint density at radius 3 is 1.58 bits per heavy atom. The lowest BCUT2D eigenvalue weighted by atomic mass is 9.89. The number of aromatic nitrogens is 4. The van der Waals surface area contributed by atoms with Crippen LogP contribution in [0.5, 0.6) is 0 Å². The third kappa shape index (κ3) is 7.60. The number of hydrogen-bond acceptors (Lipinski definition) is 4. The maximum Gasteiger partial charge on any atom is 0.235 e. The van der Waals surface area contributed by atoms with Crippen molar-refractivity contribution in [3.8, 4) is 56.3 Å². The van der Waals surface area contributed by atoms with Gasteiger partial charge in [0.25, 0.3) is 0 Å². The monoisotopic (exact) mass is 1260 g/mol. The molecule has 0 saturated carbocycles. The summed E-state index contributed by atoms with van der Waals surface area (Å²) in [5, 5.41) is 24.9. The number of fused-ring (bicyclic) bond motifs is 27. The molecule has 0 atom stereocenters. The van der Waals surface area contributed by atoms with Crippen molar-refractivity contribution in [1.82, 2.24) is 19.1 Å². The van der Waals surface area contributed by atoms with Gasteiger partial charge in [0.05, 0.1) is 33.3 Å². The largest absolute Gasteiger partial charge is 0.455 e. The SMILES string of the molecule is c1ccc(-c2nc(-n3c4ccc(-c5ccc6sc7ccccc7c6c5)cc4c4c5c6ccccc6ccc5c5ccccc5c43)nc3cc(-c4cccc5c4ccc4c6ccccc6c6c(c7cc(-c8cccc9c8oc8ccccc89)ccc7n6-c6ccccc6)c54)ccc23)cc1. The predicted molar refractivity (Wildman–Crippen MR) is 415 cm³/mol. The van der Waals surface area contributed by atoms with Gasteiger partial charge in [-0.05, 0) is 144 Å². The molecule has 22 rings (SSSR count). The topological polar surface area (TPSA) is 48.8 Å². The van der Waals surface area contributed by atoms with E-state index in [2.05, 4.69) is 319 Å². The molecule has 0 unspecified atom stereocenters. The van der Waals surface area contributed by atoms with E-state index in [9.17, 15) is 0 Å². The Labute approximate surface area is 564 Å². The van der Waals surface area contributed by atoms with Gasteiger partial charge in [-0.2, -0.15) is 0 Å². The fraction of sp³-hybridized carbons (Fsp3) is 0. The second kappa shape index (κ2) is 20.4. The highest BCUT2D eigenvalue weighted by Gasteiger charge is 2.27. The Kier molecular flexibility index (Phi) is 11.2. The maximum absolute atomic E-state index is 6.73. The minimum absolute atomic E-state index is 0.612. The molecule has 0 aliphatic heterocycles. The van der Waals surface area contributed by atoms with E-state index < -0.39 is 0 Å². The number of para-hydroxylation sites is 3. The lowest BCUT2D eigenvalue weighted by Gasteiger charge is -2.16. The molecule has 0 radical (unpaired) electrons. The first-order valence-corrected chi connectivity index (χ1v) is 34.3. The third-order valence-corrected chi connectivity index (χ3v) is 22.2. The fourth-order valence-electron chi connectivity index (χ4n) is 16.8. The summed E-state index contributed by atoms with van der Waals surface area (Å²) < 4.78 is 14.2. The molecule has 0 amide bonds. The number of thiophene rings is 1. The Balaban J connectivity index is 0.806. The molecule has 0 aliphatic carbocycles. The molecule has 5 nitrogen and oxygen atoms in total. The van der Waals surface area contributed by atoms with E-state index >= 15 is 0 Å². The number of furan rings is 1. The van der Waals surface area contributed by atoms with Crippen LogP contribution in [-0.2, 0) is 0 Å². The molecule has 22 aromatic rings. The van der Waals surface area contributed by atoms with Crippen molar-refractivity contribution in [2.75, 3.05) is 0 Å².